The first kappa shape index (κ1) is 18.7. The highest BCUT2D eigenvalue weighted by molar-refractivity contribution is 5.89. The number of nitrogens with zero attached hydrogens (tertiary/aromatic N) is 1. The molecule has 6 nitrogen and oxygen atoms in total. The third kappa shape index (κ3) is 4.96. The SMILES string of the molecule is O=C(Nc1ccc([N+](=O)[O-])cc1)NC(C1CCCCC1)C1CCCCC1. The van der Waals surface area contributed by atoms with Crippen LogP contribution < -0.4 is 10.6 Å². The molecule has 1 aromatic rings. The van der Waals surface area contributed by atoms with E-state index in [-0.39, 0.29) is 17.8 Å². The number of rotatable bonds is 5. The third-order valence-corrected chi connectivity index (χ3v) is 5.95. The molecule has 2 aliphatic rings. The van der Waals surface area contributed by atoms with Crippen molar-refractivity contribution in [3.05, 3.63) is 34.4 Å². The van der Waals surface area contributed by atoms with E-state index in [9.17, 15) is 14.9 Å². The van der Waals surface area contributed by atoms with Gasteiger partial charge in [-0.1, -0.05) is 38.5 Å². The largest absolute Gasteiger partial charge is 0.335 e. The second-order valence-electron chi connectivity index (χ2n) is 7.72. The molecule has 0 heterocycles. The number of nitro groups is 1. The van der Waals surface area contributed by atoms with Crippen LogP contribution in [0.15, 0.2) is 24.3 Å². The Kier molecular flexibility index (Phi) is 6.47. The van der Waals surface area contributed by atoms with Crippen LogP contribution in [0.2, 0.25) is 0 Å². The fraction of sp³-hybridized carbons (Fsp3) is 0.650. The minimum atomic E-state index is -0.438. The lowest BCUT2D eigenvalue weighted by Crippen LogP contribution is -2.48. The number of nitrogens with one attached hydrogen (secondary N) is 2. The maximum absolute atomic E-state index is 12.6. The number of non-ortho nitro benzene ring substituents is 1. The van der Waals surface area contributed by atoms with Crippen LogP contribution in [0.5, 0.6) is 0 Å². The molecule has 3 rings (SSSR count). The van der Waals surface area contributed by atoms with E-state index in [1.807, 2.05) is 0 Å². The van der Waals surface area contributed by atoms with E-state index in [2.05, 4.69) is 10.6 Å². The highest BCUT2D eigenvalue weighted by atomic mass is 16.6. The summed E-state index contributed by atoms with van der Waals surface area (Å²) in [6.07, 6.45) is 12.5. The number of carbonyl (C=O) groups is 1. The molecular formula is C20H29N3O3. The lowest BCUT2D eigenvalue weighted by atomic mass is 9.74. The maximum Gasteiger partial charge on any atom is 0.319 e. The molecule has 2 aliphatic carbocycles. The van der Waals surface area contributed by atoms with Gasteiger partial charge in [-0.3, -0.25) is 10.1 Å². The molecule has 6 heteroatoms. The molecule has 0 spiro atoms. The third-order valence-electron chi connectivity index (χ3n) is 5.95. The summed E-state index contributed by atoms with van der Waals surface area (Å²) in [6.45, 7) is 0. The van der Waals surface area contributed by atoms with E-state index >= 15 is 0 Å². The number of hydrogen-bond donors (Lipinski definition) is 2. The molecule has 0 aromatic heterocycles. The van der Waals surface area contributed by atoms with Crippen molar-refractivity contribution in [3.8, 4) is 0 Å². The van der Waals surface area contributed by atoms with Crippen LogP contribution in [0, 0.1) is 22.0 Å². The Hall–Kier alpha value is -2.11. The topological polar surface area (TPSA) is 84.3 Å². The number of benzene rings is 1. The molecule has 2 saturated carbocycles. The zero-order valence-corrected chi connectivity index (χ0v) is 15.3. The molecule has 1 aromatic carbocycles. The van der Waals surface area contributed by atoms with Crippen LogP contribution in [0.3, 0.4) is 0 Å². The highest BCUT2D eigenvalue weighted by Gasteiger charge is 2.32. The Morgan fingerprint density at radius 2 is 1.42 bits per heavy atom. The average molecular weight is 359 g/mol. The summed E-state index contributed by atoms with van der Waals surface area (Å²) in [7, 11) is 0. The van der Waals surface area contributed by atoms with Gasteiger partial charge in [-0.2, -0.15) is 0 Å². The van der Waals surface area contributed by atoms with Crippen LogP contribution >= 0.6 is 0 Å². The van der Waals surface area contributed by atoms with Crippen LogP contribution in [0.4, 0.5) is 16.2 Å². The van der Waals surface area contributed by atoms with Gasteiger partial charge in [0.1, 0.15) is 0 Å². The van der Waals surface area contributed by atoms with Crippen LogP contribution in [-0.4, -0.2) is 17.0 Å². The summed E-state index contributed by atoms with van der Waals surface area (Å²) >= 11 is 0. The number of carbonyl (C=O) groups excluding carboxylic acids is 1. The Labute approximate surface area is 154 Å². The monoisotopic (exact) mass is 359 g/mol. The maximum atomic E-state index is 12.6. The van der Waals surface area contributed by atoms with Crippen LogP contribution in [0.25, 0.3) is 0 Å². The van der Waals surface area contributed by atoms with Crippen molar-refractivity contribution < 1.29 is 9.72 Å². The van der Waals surface area contributed by atoms with Gasteiger partial charge in [-0.15, -0.1) is 0 Å². The summed E-state index contributed by atoms with van der Waals surface area (Å²) in [6, 6.07) is 6.03. The van der Waals surface area contributed by atoms with Gasteiger partial charge in [0.2, 0.25) is 0 Å². The Bertz CT molecular complexity index is 587. The van der Waals surface area contributed by atoms with E-state index in [4.69, 9.17) is 0 Å². The first-order valence-corrected chi connectivity index (χ1v) is 9.95. The van der Waals surface area contributed by atoms with E-state index in [1.165, 1.54) is 76.3 Å². The number of urea groups is 1. The normalized spacial score (nSPS) is 19.3. The molecule has 0 saturated heterocycles. The number of amides is 2. The molecule has 0 atom stereocenters. The van der Waals surface area contributed by atoms with Gasteiger partial charge in [0.25, 0.3) is 5.69 Å². The van der Waals surface area contributed by atoms with Crippen molar-refractivity contribution in [1.82, 2.24) is 5.32 Å². The number of nitro benzene ring substituents is 1. The summed E-state index contributed by atoms with van der Waals surface area (Å²) in [5.74, 6) is 1.16. The van der Waals surface area contributed by atoms with Crippen LogP contribution in [0.1, 0.15) is 64.2 Å². The first-order chi connectivity index (χ1) is 12.6. The van der Waals surface area contributed by atoms with Gasteiger partial charge in [0, 0.05) is 23.9 Å². The van der Waals surface area contributed by atoms with E-state index in [1.54, 1.807) is 12.1 Å². The number of hydrogen-bond acceptors (Lipinski definition) is 3. The predicted octanol–water partition coefficient (Wildman–Crippen LogP) is 5.25. The van der Waals surface area contributed by atoms with E-state index in [0.717, 1.165) is 0 Å². The van der Waals surface area contributed by atoms with E-state index in [0.29, 0.717) is 17.5 Å². The molecule has 0 aliphatic heterocycles. The molecule has 142 valence electrons. The smallest absolute Gasteiger partial charge is 0.319 e. The summed E-state index contributed by atoms with van der Waals surface area (Å²) in [4.78, 5) is 22.9. The van der Waals surface area contributed by atoms with Gasteiger partial charge >= 0.3 is 6.03 Å². The Balaban J connectivity index is 1.62. The van der Waals surface area contributed by atoms with Gasteiger partial charge in [-0.25, -0.2) is 4.79 Å². The Morgan fingerprint density at radius 3 is 1.88 bits per heavy atom. The molecule has 0 radical (unpaired) electrons. The second-order valence-corrected chi connectivity index (χ2v) is 7.72. The van der Waals surface area contributed by atoms with Crippen molar-refractivity contribution >= 4 is 17.4 Å². The molecule has 2 N–H and O–H groups in total. The zero-order valence-electron chi connectivity index (χ0n) is 15.3. The quantitative estimate of drug-likeness (QED) is 0.556. The molecule has 0 unspecified atom stereocenters. The van der Waals surface area contributed by atoms with Gasteiger partial charge in [-0.05, 0) is 49.7 Å². The minimum absolute atomic E-state index is 0.0262. The minimum Gasteiger partial charge on any atom is -0.335 e. The van der Waals surface area contributed by atoms with Crippen molar-refractivity contribution in [2.45, 2.75) is 70.3 Å². The van der Waals surface area contributed by atoms with Crippen molar-refractivity contribution in [3.63, 3.8) is 0 Å². The molecular weight excluding hydrogens is 330 g/mol. The van der Waals surface area contributed by atoms with Crippen molar-refractivity contribution in [1.29, 1.82) is 0 Å². The molecule has 26 heavy (non-hydrogen) atoms. The molecule has 2 amide bonds. The lowest BCUT2D eigenvalue weighted by Gasteiger charge is -2.38. The molecule has 2 fully saturated rings. The van der Waals surface area contributed by atoms with E-state index < -0.39 is 4.92 Å². The van der Waals surface area contributed by atoms with Crippen molar-refractivity contribution in [2.24, 2.45) is 11.8 Å². The van der Waals surface area contributed by atoms with Gasteiger partial charge in [0.15, 0.2) is 0 Å². The van der Waals surface area contributed by atoms with Gasteiger partial charge < -0.3 is 10.6 Å². The summed E-state index contributed by atoms with van der Waals surface area (Å²) < 4.78 is 0. The van der Waals surface area contributed by atoms with Gasteiger partial charge in [0.05, 0.1) is 4.92 Å². The first-order valence-electron chi connectivity index (χ1n) is 9.95. The fourth-order valence-corrected chi connectivity index (χ4v) is 4.59. The average Bonchev–Trinajstić information content (AvgIpc) is 2.68. The van der Waals surface area contributed by atoms with Crippen LogP contribution in [-0.2, 0) is 0 Å². The summed E-state index contributed by atoms with van der Waals surface area (Å²) in [5, 5.41) is 16.8. The fourth-order valence-electron chi connectivity index (χ4n) is 4.59. The highest BCUT2D eigenvalue weighted by Crippen LogP contribution is 2.35. The van der Waals surface area contributed by atoms with Crippen molar-refractivity contribution in [2.75, 3.05) is 5.32 Å². The lowest BCUT2D eigenvalue weighted by molar-refractivity contribution is -0.384. The standard InChI is InChI=1S/C20H29N3O3/c24-20(21-17-11-13-18(14-12-17)23(25)26)22-19(15-7-3-1-4-8-15)16-9-5-2-6-10-16/h11-16,19H,1-10H2,(H2,21,22,24). The Morgan fingerprint density at radius 1 is 0.923 bits per heavy atom. The predicted molar refractivity (Wildman–Crippen MR) is 102 cm³/mol. The second kappa shape index (κ2) is 9.01. The zero-order chi connectivity index (χ0) is 18.4. The molecule has 0 bridgehead atoms. The summed E-state index contributed by atoms with van der Waals surface area (Å²) in [5.41, 5.74) is 0.609. The number of anilines is 1.